The molecule has 0 heterocycles. The Labute approximate surface area is 360 Å². The van der Waals surface area contributed by atoms with Gasteiger partial charge in [0.05, 0.1) is 5.60 Å². The van der Waals surface area contributed by atoms with Crippen molar-refractivity contribution in [2.75, 3.05) is 14.2 Å². The van der Waals surface area contributed by atoms with Crippen molar-refractivity contribution in [3.8, 4) is 0 Å². The Morgan fingerprint density at radius 1 is 0.722 bits per heavy atom. The van der Waals surface area contributed by atoms with E-state index in [9.17, 15) is 33.4 Å². The van der Waals surface area contributed by atoms with Gasteiger partial charge in [-0.3, -0.25) is 0 Å². The van der Waals surface area contributed by atoms with E-state index in [1.807, 2.05) is 36.4 Å². The van der Waals surface area contributed by atoms with Crippen LogP contribution < -0.4 is 59.1 Å². The molecule has 17 nitrogen and oxygen atoms in total. The molecule has 3 aliphatic rings. The van der Waals surface area contributed by atoms with Gasteiger partial charge >= 0.3 is 69.7 Å². The van der Waals surface area contributed by atoms with Gasteiger partial charge in [-0.2, -0.15) is 0 Å². The first-order valence-corrected chi connectivity index (χ1v) is 17.5. The number of rotatable bonds is 6. The van der Waals surface area contributed by atoms with Crippen molar-refractivity contribution in [2.24, 2.45) is 0 Å². The molecule has 6 rings (SSSR count). The summed E-state index contributed by atoms with van der Waals surface area (Å²) in [6.07, 6.45) is 2.89. The second-order valence-corrected chi connectivity index (χ2v) is 13.5. The molecule has 3 aromatic carbocycles. The normalized spacial score (nSPS) is 16.6. The topological polar surface area (TPSA) is 298 Å². The monoisotopic (exact) mass is 822 g/mol. The van der Waals surface area contributed by atoms with Gasteiger partial charge in [0, 0.05) is 52.7 Å². The number of ether oxygens (including phenoxy) is 1. The van der Waals surface area contributed by atoms with Crippen LogP contribution in [0.15, 0.2) is 85.5 Å². The molecule has 2 atom stereocenters. The maximum absolute atomic E-state index is 10.7. The van der Waals surface area contributed by atoms with Gasteiger partial charge in [0.1, 0.15) is 21.3 Å². The second-order valence-electron chi connectivity index (χ2n) is 11.7. The average molecular weight is 823 g/mol. The molecular formula is C33H44Na2O17S2. The number of methoxy groups -OCH3 is 1. The summed E-state index contributed by atoms with van der Waals surface area (Å²) in [4.78, 5) is 4.15. The fraction of sp³-hybridized carbons (Fsp3) is 0.394. The molecule has 2 unspecified atom stereocenters. The summed E-state index contributed by atoms with van der Waals surface area (Å²) in [5.41, 5.74) is 0.104. The molecular weight excluding hydrogens is 778 g/mol. The molecule has 0 aliphatic heterocycles. The Morgan fingerprint density at radius 3 is 1.20 bits per heavy atom. The van der Waals surface area contributed by atoms with Crippen LogP contribution in [-0.4, -0.2) is 110 Å². The fourth-order valence-corrected chi connectivity index (χ4v) is 6.69. The third kappa shape index (κ3) is 16.5. The van der Waals surface area contributed by atoms with Gasteiger partial charge in [-0.15, -0.1) is 19.2 Å². The molecule has 54 heavy (non-hydrogen) atoms. The Bertz CT molecular complexity index is 1720. The summed E-state index contributed by atoms with van der Waals surface area (Å²) in [6, 6.07) is 22.9. The van der Waals surface area contributed by atoms with Crippen LogP contribution in [0.2, 0.25) is 0 Å². The standard InChI is InChI=1S/C11H14O4.C11H12O.C10H12O5S.CH4O.2Na.O3S.H2O3.H/c1-14-10(15-13)11(12)6-8-4-2-3-5-9(8)7-11;1-2-11(12)7-9-5-3-4-6-10(9)8-11;11-9(16(13,14)15)10(12)5-7-3-1-2-4-8(7)6-10;1-2;;;1-4(2)3;1-3-2;/h2-5,10,12-13H,6-7H2,1H3;2-6,12H,1,7-8H2;1-4,9,11-12H,5-6H2,(H,13,14,15);2H,1H3;;;;1-2H;/q;;;;2*+1;;;-1/p-1. The first kappa shape index (κ1) is 54.6. The summed E-state index contributed by atoms with van der Waals surface area (Å²) < 4.78 is 62.4. The van der Waals surface area contributed by atoms with Crippen molar-refractivity contribution in [1.82, 2.24) is 0 Å². The SMILES string of the molecule is C=CC1(O)Cc2ccccc2C1.CO.COC(OO)C1(O)Cc2ccccc2C1.O=S(=O)([O-])C(O)C1(O)Cc2ccccc2C1.O=S(=O)=O.OOO.[H-].[Na+].[Na+]. The molecule has 8 N–H and O–H groups in total. The summed E-state index contributed by atoms with van der Waals surface area (Å²) in [5, 5.41) is 70.7. The van der Waals surface area contributed by atoms with Crippen molar-refractivity contribution in [1.29, 1.82) is 0 Å². The van der Waals surface area contributed by atoms with E-state index in [4.69, 9.17) is 38.2 Å². The molecule has 0 amide bonds. The molecule has 21 heteroatoms. The van der Waals surface area contributed by atoms with Gasteiger partial charge in [0.25, 0.3) is 0 Å². The van der Waals surface area contributed by atoms with Crippen LogP contribution in [0.5, 0.6) is 0 Å². The number of fused-ring (bicyclic) bond motifs is 3. The van der Waals surface area contributed by atoms with E-state index in [-0.39, 0.29) is 73.4 Å². The largest absolute Gasteiger partial charge is 1.00 e. The number of hydrogen-bond acceptors (Lipinski definition) is 17. The van der Waals surface area contributed by atoms with Crippen LogP contribution in [0.1, 0.15) is 34.8 Å². The van der Waals surface area contributed by atoms with Crippen LogP contribution >= 0.6 is 0 Å². The van der Waals surface area contributed by atoms with Gasteiger partial charge in [0.15, 0.2) is 5.44 Å². The summed E-state index contributed by atoms with van der Waals surface area (Å²) in [7, 11) is -5.63. The van der Waals surface area contributed by atoms with Crippen LogP contribution in [0.4, 0.5) is 0 Å². The van der Waals surface area contributed by atoms with Crippen LogP contribution in [0.3, 0.4) is 0 Å². The first-order chi connectivity index (χ1) is 24.4. The predicted octanol–water partition coefficient (Wildman–Crippen LogP) is -5.27. The van der Waals surface area contributed by atoms with E-state index in [0.717, 1.165) is 29.4 Å². The van der Waals surface area contributed by atoms with Gasteiger partial charge in [0.2, 0.25) is 6.29 Å². The maximum Gasteiger partial charge on any atom is 1.00 e. The zero-order valence-electron chi connectivity index (χ0n) is 31.2. The second kappa shape index (κ2) is 25.7. The molecule has 0 radical (unpaired) electrons. The van der Waals surface area contributed by atoms with Gasteiger partial charge in [-0.25, -0.2) is 29.1 Å². The van der Waals surface area contributed by atoms with E-state index in [1.165, 1.54) is 18.2 Å². The number of aliphatic hydroxyl groups is 5. The van der Waals surface area contributed by atoms with Gasteiger partial charge in [-0.1, -0.05) is 83.9 Å². The minimum atomic E-state index is -4.91. The van der Waals surface area contributed by atoms with Crippen molar-refractivity contribution in [3.05, 3.63) is 119 Å². The molecule has 0 bridgehead atoms. The number of aliphatic hydroxyl groups excluding tert-OH is 2. The molecule has 0 saturated carbocycles. The van der Waals surface area contributed by atoms with Crippen molar-refractivity contribution in [3.63, 3.8) is 0 Å². The van der Waals surface area contributed by atoms with E-state index < -0.39 is 49.3 Å². The molecule has 0 aromatic heterocycles. The minimum absolute atomic E-state index is 0. The third-order valence-corrected chi connectivity index (χ3v) is 9.18. The Balaban J connectivity index is -0.000000652. The maximum atomic E-state index is 10.7. The Kier molecular flexibility index (Phi) is 26.0. The summed E-state index contributed by atoms with van der Waals surface area (Å²) in [6.45, 7) is 3.65. The van der Waals surface area contributed by atoms with Crippen molar-refractivity contribution in [2.45, 2.75) is 67.1 Å². The van der Waals surface area contributed by atoms with Gasteiger partial charge in [-0.05, 0) is 33.4 Å². The smallest absolute Gasteiger partial charge is 1.00 e. The minimum Gasteiger partial charge on any atom is -1.00 e. The molecule has 3 aliphatic carbocycles. The molecule has 3 aromatic rings. The van der Waals surface area contributed by atoms with Crippen molar-refractivity contribution < 1.29 is 142 Å². The van der Waals surface area contributed by atoms with Crippen LogP contribution in [0, 0.1) is 0 Å². The molecule has 0 saturated heterocycles. The first-order valence-electron chi connectivity index (χ1n) is 15.0. The zero-order valence-corrected chi connectivity index (χ0v) is 35.8. The quantitative estimate of drug-likeness (QED) is 0.0288. The van der Waals surface area contributed by atoms with Crippen molar-refractivity contribution >= 4 is 20.7 Å². The predicted molar refractivity (Wildman–Crippen MR) is 182 cm³/mol. The Hall–Kier alpha value is -1.51. The average Bonchev–Trinajstić information content (AvgIpc) is 3.75. The summed E-state index contributed by atoms with van der Waals surface area (Å²) in [5.74, 6) is 0. The molecule has 0 fully saturated rings. The zero-order chi connectivity index (χ0) is 39.8. The number of hydrogen-bond donors (Lipinski definition) is 8. The van der Waals surface area contributed by atoms with E-state index in [2.05, 4.69) is 28.6 Å². The van der Waals surface area contributed by atoms with Crippen LogP contribution in [-0.2, 0) is 73.9 Å². The summed E-state index contributed by atoms with van der Waals surface area (Å²) >= 11 is 0. The van der Waals surface area contributed by atoms with Gasteiger partial charge < -0.3 is 36.2 Å². The molecule has 292 valence electrons. The Morgan fingerprint density at radius 2 is 0.981 bits per heavy atom. The van der Waals surface area contributed by atoms with Crippen LogP contribution in [0.25, 0.3) is 0 Å². The third-order valence-electron chi connectivity index (χ3n) is 8.20. The van der Waals surface area contributed by atoms with E-state index >= 15 is 0 Å². The van der Waals surface area contributed by atoms with E-state index in [1.54, 1.807) is 30.3 Å². The van der Waals surface area contributed by atoms with E-state index in [0.29, 0.717) is 25.7 Å². The number of benzene rings is 3. The molecule has 0 spiro atoms. The fourth-order valence-electron chi connectivity index (χ4n) is 5.99.